The molecule has 0 aromatic heterocycles. The summed E-state index contributed by atoms with van der Waals surface area (Å²) in [6.07, 6.45) is 3.75. The minimum atomic E-state index is -0.279. The van der Waals surface area contributed by atoms with Crippen molar-refractivity contribution in [3.63, 3.8) is 0 Å². The van der Waals surface area contributed by atoms with Crippen LogP contribution in [0.5, 0.6) is 0 Å². The first-order valence-electron chi connectivity index (χ1n) is 7.44. The van der Waals surface area contributed by atoms with Gasteiger partial charge in [0.2, 0.25) is 0 Å². The lowest BCUT2D eigenvalue weighted by atomic mass is 9.87. The number of aliphatic hydroxyl groups is 2. The SMILES string of the molecule is CCN(CC)CC(O)CNCC1CCC(O)CC1. The van der Waals surface area contributed by atoms with Crippen LogP contribution in [0.25, 0.3) is 0 Å². The number of hydrogen-bond acceptors (Lipinski definition) is 4. The highest BCUT2D eigenvalue weighted by atomic mass is 16.3. The first kappa shape index (κ1) is 15.9. The summed E-state index contributed by atoms with van der Waals surface area (Å²) in [5.41, 5.74) is 0. The Morgan fingerprint density at radius 2 is 1.78 bits per heavy atom. The van der Waals surface area contributed by atoms with E-state index in [-0.39, 0.29) is 12.2 Å². The van der Waals surface area contributed by atoms with Crippen molar-refractivity contribution in [3.05, 3.63) is 0 Å². The Morgan fingerprint density at radius 1 is 1.17 bits per heavy atom. The van der Waals surface area contributed by atoms with E-state index in [1.54, 1.807) is 0 Å². The minimum absolute atomic E-state index is 0.0745. The fraction of sp³-hybridized carbons (Fsp3) is 1.00. The van der Waals surface area contributed by atoms with Crippen molar-refractivity contribution in [1.29, 1.82) is 0 Å². The monoisotopic (exact) mass is 258 g/mol. The minimum Gasteiger partial charge on any atom is -0.393 e. The molecule has 1 saturated carbocycles. The van der Waals surface area contributed by atoms with Crippen molar-refractivity contribution in [2.24, 2.45) is 5.92 Å². The molecule has 0 aliphatic heterocycles. The van der Waals surface area contributed by atoms with Gasteiger partial charge in [0.1, 0.15) is 0 Å². The second kappa shape index (κ2) is 8.86. The summed E-state index contributed by atoms with van der Waals surface area (Å²) in [6.45, 7) is 8.64. The summed E-state index contributed by atoms with van der Waals surface area (Å²) < 4.78 is 0. The Balaban J connectivity index is 2.06. The van der Waals surface area contributed by atoms with Crippen molar-refractivity contribution >= 4 is 0 Å². The molecular formula is C14H30N2O2. The van der Waals surface area contributed by atoms with E-state index < -0.39 is 0 Å². The predicted octanol–water partition coefficient (Wildman–Crippen LogP) is 0.830. The van der Waals surface area contributed by atoms with Gasteiger partial charge >= 0.3 is 0 Å². The molecule has 0 amide bonds. The Labute approximate surface area is 111 Å². The Hall–Kier alpha value is -0.160. The van der Waals surface area contributed by atoms with Gasteiger partial charge in [-0.25, -0.2) is 0 Å². The maximum atomic E-state index is 9.91. The van der Waals surface area contributed by atoms with Crippen molar-refractivity contribution in [3.8, 4) is 0 Å². The van der Waals surface area contributed by atoms with Gasteiger partial charge in [-0.3, -0.25) is 0 Å². The zero-order valence-corrected chi connectivity index (χ0v) is 11.9. The van der Waals surface area contributed by atoms with Crippen LogP contribution in [0.4, 0.5) is 0 Å². The smallest absolute Gasteiger partial charge is 0.0791 e. The third kappa shape index (κ3) is 6.14. The molecule has 4 heteroatoms. The van der Waals surface area contributed by atoms with Crippen LogP contribution in [0.1, 0.15) is 39.5 Å². The standard InChI is InChI=1S/C14H30N2O2/c1-3-16(4-2)11-14(18)10-15-9-12-5-7-13(17)8-6-12/h12-15,17-18H,3-11H2,1-2H3. The number of hydrogen-bond donors (Lipinski definition) is 3. The fourth-order valence-corrected chi connectivity index (χ4v) is 2.65. The van der Waals surface area contributed by atoms with Crippen molar-refractivity contribution in [2.75, 3.05) is 32.7 Å². The molecule has 4 nitrogen and oxygen atoms in total. The zero-order valence-electron chi connectivity index (χ0n) is 11.9. The van der Waals surface area contributed by atoms with E-state index in [2.05, 4.69) is 24.1 Å². The Kier molecular flexibility index (Phi) is 7.82. The predicted molar refractivity (Wildman–Crippen MR) is 74.6 cm³/mol. The van der Waals surface area contributed by atoms with Gasteiger partial charge in [-0.2, -0.15) is 0 Å². The van der Waals surface area contributed by atoms with E-state index in [1.165, 1.54) is 0 Å². The average Bonchev–Trinajstić information content (AvgIpc) is 2.38. The topological polar surface area (TPSA) is 55.7 Å². The summed E-state index contributed by atoms with van der Waals surface area (Å²) in [7, 11) is 0. The molecule has 0 spiro atoms. The number of aliphatic hydroxyl groups excluding tert-OH is 2. The molecule has 18 heavy (non-hydrogen) atoms. The van der Waals surface area contributed by atoms with Gasteiger partial charge in [-0.15, -0.1) is 0 Å². The average molecular weight is 258 g/mol. The van der Waals surface area contributed by atoms with Gasteiger partial charge in [0, 0.05) is 13.1 Å². The van der Waals surface area contributed by atoms with Crippen LogP contribution >= 0.6 is 0 Å². The molecule has 108 valence electrons. The molecule has 1 aliphatic rings. The van der Waals surface area contributed by atoms with E-state index in [4.69, 9.17) is 0 Å². The summed E-state index contributed by atoms with van der Waals surface area (Å²) in [5, 5.41) is 22.7. The molecule has 0 heterocycles. The van der Waals surface area contributed by atoms with Crippen molar-refractivity contribution in [2.45, 2.75) is 51.7 Å². The molecule has 0 aromatic rings. The number of nitrogens with one attached hydrogen (secondary N) is 1. The van der Waals surface area contributed by atoms with Gasteiger partial charge < -0.3 is 20.4 Å². The zero-order chi connectivity index (χ0) is 13.4. The normalized spacial score (nSPS) is 26.5. The first-order valence-corrected chi connectivity index (χ1v) is 7.44. The third-order valence-corrected chi connectivity index (χ3v) is 3.99. The molecule has 3 N–H and O–H groups in total. The van der Waals surface area contributed by atoms with Crippen LogP contribution in [-0.4, -0.2) is 60.0 Å². The molecule has 1 atom stereocenters. The van der Waals surface area contributed by atoms with Gasteiger partial charge in [-0.05, 0) is 51.2 Å². The second-order valence-corrected chi connectivity index (χ2v) is 5.47. The molecular weight excluding hydrogens is 228 g/mol. The molecule has 0 aromatic carbocycles. The van der Waals surface area contributed by atoms with Crippen LogP contribution in [0.15, 0.2) is 0 Å². The van der Waals surface area contributed by atoms with E-state index >= 15 is 0 Å². The number of likely N-dealkylation sites (N-methyl/N-ethyl adjacent to an activating group) is 1. The quantitative estimate of drug-likeness (QED) is 0.604. The lowest BCUT2D eigenvalue weighted by Gasteiger charge is -2.26. The van der Waals surface area contributed by atoms with Crippen molar-refractivity contribution < 1.29 is 10.2 Å². The lowest BCUT2D eigenvalue weighted by Crippen LogP contribution is -2.39. The summed E-state index contributed by atoms with van der Waals surface area (Å²) in [6, 6.07) is 0. The first-order chi connectivity index (χ1) is 8.65. The molecule has 1 rings (SSSR count). The molecule has 0 saturated heterocycles. The number of nitrogens with zero attached hydrogens (tertiary/aromatic N) is 1. The molecule has 0 radical (unpaired) electrons. The highest BCUT2D eigenvalue weighted by molar-refractivity contribution is 4.74. The molecule has 1 fully saturated rings. The molecule has 1 unspecified atom stereocenters. The summed E-state index contributed by atoms with van der Waals surface area (Å²) in [4.78, 5) is 2.24. The van der Waals surface area contributed by atoms with Crippen LogP contribution in [0.3, 0.4) is 0 Å². The Bertz CT molecular complexity index is 202. The van der Waals surface area contributed by atoms with E-state index in [0.29, 0.717) is 12.5 Å². The van der Waals surface area contributed by atoms with Gasteiger partial charge in [-0.1, -0.05) is 13.8 Å². The number of rotatable bonds is 8. The molecule has 0 bridgehead atoms. The van der Waals surface area contributed by atoms with Gasteiger partial charge in [0.05, 0.1) is 12.2 Å². The summed E-state index contributed by atoms with van der Waals surface area (Å²) in [5.74, 6) is 0.675. The third-order valence-electron chi connectivity index (χ3n) is 3.99. The van der Waals surface area contributed by atoms with E-state index in [1.807, 2.05) is 0 Å². The van der Waals surface area contributed by atoms with Crippen LogP contribution in [0.2, 0.25) is 0 Å². The maximum absolute atomic E-state index is 9.91. The Morgan fingerprint density at radius 3 is 2.33 bits per heavy atom. The fourth-order valence-electron chi connectivity index (χ4n) is 2.65. The largest absolute Gasteiger partial charge is 0.393 e. The second-order valence-electron chi connectivity index (χ2n) is 5.47. The van der Waals surface area contributed by atoms with Gasteiger partial charge in [0.25, 0.3) is 0 Å². The van der Waals surface area contributed by atoms with Crippen LogP contribution < -0.4 is 5.32 Å². The van der Waals surface area contributed by atoms with E-state index in [9.17, 15) is 10.2 Å². The van der Waals surface area contributed by atoms with E-state index in [0.717, 1.165) is 51.9 Å². The lowest BCUT2D eigenvalue weighted by molar-refractivity contribution is 0.0999. The highest BCUT2D eigenvalue weighted by Crippen LogP contribution is 2.23. The van der Waals surface area contributed by atoms with Crippen LogP contribution in [0, 0.1) is 5.92 Å². The van der Waals surface area contributed by atoms with Crippen LogP contribution in [-0.2, 0) is 0 Å². The highest BCUT2D eigenvalue weighted by Gasteiger charge is 2.19. The van der Waals surface area contributed by atoms with Gasteiger partial charge in [0.15, 0.2) is 0 Å². The van der Waals surface area contributed by atoms with Crippen molar-refractivity contribution in [1.82, 2.24) is 10.2 Å². The maximum Gasteiger partial charge on any atom is 0.0791 e. The molecule has 1 aliphatic carbocycles. The summed E-state index contributed by atoms with van der Waals surface area (Å²) >= 11 is 0.